The number of rotatable bonds is 9. The first-order valence-electron chi connectivity index (χ1n) is 9.25. The molecule has 0 aliphatic carbocycles. The number of carboxylic acid groups (broad SMARTS) is 1. The van der Waals surface area contributed by atoms with Crippen LogP contribution in [0.25, 0.3) is 0 Å². The third-order valence-corrected chi connectivity index (χ3v) is 4.00. The highest BCUT2D eigenvalue weighted by molar-refractivity contribution is 5.64. The van der Waals surface area contributed by atoms with Crippen molar-refractivity contribution in [2.45, 2.75) is 19.6 Å². The molecule has 0 bridgehead atoms. The molecule has 6 nitrogen and oxygen atoms in total. The highest BCUT2D eigenvalue weighted by Gasteiger charge is 2.06. The molecule has 1 unspecified atom stereocenters. The summed E-state index contributed by atoms with van der Waals surface area (Å²) in [6.45, 7) is 2.50. The molecule has 3 rings (SSSR count). The van der Waals surface area contributed by atoms with Crippen molar-refractivity contribution < 1.29 is 24.1 Å². The van der Waals surface area contributed by atoms with E-state index in [-0.39, 0.29) is 12.6 Å². The molecule has 0 radical (unpaired) electrons. The molecule has 0 fully saturated rings. The maximum atomic E-state index is 10.6. The van der Waals surface area contributed by atoms with Gasteiger partial charge in [0.05, 0.1) is 6.04 Å². The van der Waals surface area contributed by atoms with Crippen LogP contribution in [0.4, 0.5) is 4.79 Å². The topological polar surface area (TPSA) is 77.0 Å². The van der Waals surface area contributed by atoms with Gasteiger partial charge >= 0.3 is 6.09 Å². The van der Waals surface area contributed by atoms with Crippen molar-refractivity contribution in [3.63, 3.8) is 0 Å². The Labute approximate surface area is 169 Å². The zero-order chi connectivity index (χ0) is 20.5. The van der Waals surface area contributed by atoms with E-state index in [4.69, 9.17) is 19.3 Å². The van der Waals surface area contributed by atoms with Gasteiger partial charge < -0.3 is 24.6 Å². The van der Waals surface area contributed by atoms with Crippen LogP contribution in [0.15, 0.2) is 78.9 Å². The summed E-state index contributed by atoms with van der Waals surface area (Å²) in [6.07, 6.45) is -1.07. The SMILES string of the molecule is CC(COc1ccc(Oc2ccc(OCc3ccccc3)cc2)cc1)NC(=O)O. The van der Waals surface area contributed by atoms with E-state index in [1.165, 1.54) is 0 Å². The van der Waals surface area contributed by atoms with Crippen LogP contribution < -0.4 is 19.5 Å². The normalized spacial score (nSPS) is 11.3. The molecule has 0 spiro atoms. The predicted octanol–water partition coefficient (Wildman–Crippen LogP) is 5.09. The van der Waals surface area contributed by atoms with E-state index in [2.05, 4.69) is 5.32 Å². The summed E-state index contributed by atoms with van der Waals surface area (Å²) in [5.74, 6) is 2.78. The van der Waals surface area contributed by atoms with Gasteiger partial charge in [-0.3, -0.25) is 0 Å². The van der Waals surface area contributed by atoms with Gasteiger partial charge in [0.2, 0.25) is 0 Å². The number of amides is 1. The van der Waals surface area contributed by atoms with E-state index in [1.54, 1.807) is 31.2 Å². The molecule has 1 atom stereocenters. The van der Waals surface area contributed by atoms with Gasteiger partial charge in [0, 0.05) is 0 Å². The molecule has 3 aromatic rings. The molecule has 29 heavy (non-hydrogen) atoms. The highest BCUT2D eigenvalue weighted by atomic mass is 16.5. The maximum Gasteiger partial charge on any atom is 0.404 e. The van der Waals surface area contributed by atoms with Crippen molar-refractivity contribution >= 4 is 6.09 Å². The van der Waals surface area contributed by atoms with Gasteiger partial charge in [-0.1, -0.05) is 30.3 Å². The summed E-state index contributed by atoms with van der Waals surface area (Å²) < 4.78 is 17.2. The average Bonchev–Trinajstić information content (AvgIpc) is 2.73. The Kier molecular flexibility index (Phi) is 6.95. The van der Waals surface area contributed by atoms with E-state index < -0.39 is 6.09 Å². The van der Waals surface area contributed by atoms with Crippen molar-refractivity contribution in [3.8, 4) is 23.0 Å². The number of hydrogen-bond acceptors (Lipinski definition) is 4. The van der Waals surface area contributed by atoms with Crippen molar-refractivity contribution in [1.82, 2.24) is 5.32 Å². The molecule has 0 saturated heterocycles. The van der Waals surface area contributed by atoms with Gasteiger partial charge in [0.15, 0.2) is 0 Å². The van der Waals surface area contributed by atoms with Gasteiger partial charge in [-0.15, -0.1) is 0 Å². The number of ether oxygens (including phenoxy) is 3. The summed E-state index contributed by atoms with van der Waals surface area (Å²) in [5, 5.41) is 11.0. The molecule has 2 N–H and O–H groups in total. The molecule has 1 amide bonds. The number of hydrogen-bond donors (Lipinski definition) is 2. The molecule has 0 saturated carbocycles. The maximum absolute atomic E-state index is 10.6. The fourth-order valence-corrected chi connectivity index (χ4v) is 2.56. The second-order valence-corrected chi connectivity index (χ2v) is 6.48. The minimum Gasteiger partial charge on any atom is -0.491 e. The Morgan fingerprint density at radius 1 is 0.828 bits per heavy atom. The third-order valence-electron chi connectivity index (χ3n) is 4.00. The van der Waals surface area contributed by atoms with Crippen LogP contribution in [0, 0.1) is 0 Å². The third kappa shape index (κ3) is 6.77. The van der Waals surface area contributed by atoms with E-state index >= 15 is 0 Å². The van der Waals surface area contributed by atoms with E-state index in [0.29, 0.717) is 23.9 Å². The van der Waals surface area contributed by atoms with Crippen LogP contribution in [0.3, 0.4) is 0 Å². The van der Waals surface area contributed by atoms with Crippen LogP contribution in [-0.2, 0) is 6.61 Å². The molecule has 0 aliphatic heterocycles. The van der Waals surface area contributed by atoms with E-state index in [0.717, 1.165) is 11.3 Å². The van der Waals surface area contributed by atoms with Crippen LogP contribution in [0.2, 0.25) is 0 Å². The smallest absolute Gasteiger partial charge is 0.404 e. The summed E-state index contributed by atoms with van der Waals surface area (Å²) in [5.41, 5.74) is 1.11. The standard InChI is InChI=1S/C23H23NO5/c1-17(24-23(25)26)15-27-19-7-11-21(12-8-19)29-22-13-9-20(10-14-22)28-16-18-5-3-2-4-6-18/h2-14,17,24H,15-16H2,1H3,(H,25,26). The molecule has 150 valence electrons. The molecular weight excluding hydrogens is 370 g/mol. The molecule has 0 heterocycles. The summed E-state index contributed by atoms with van der Waals surface area (Å²) >= 11 is 0. The average molecular weight is 393 g/mol. The monoisotopic (exact) mass is 393 g/mol. The van der Waals surface area contributed by atoms with E-state index in [1.807, 2.05) is 54.6 Å². The number of nitrogens with one attached hydrogen (secondary N) is 1. The lowest BCUT2D eigenvalue weighted by atomic mass is 10.2. The molecular formula is C23H23NO5. The Hall–Kier alpha value is -3.67. The Morgan fingerprint density at radius 3 is 1.90 bits per heavy atom. The number of carbonyl (C=O) groups is 1. The minimum atomic E-state index is -1.07. The quantitative estimate of drug-likeness (QED) is 0.529. The van der Waals surface area contributed by atoms with Crippen LogP contribution >= 0.6 is 0 Å². The lowest BCUT2D eigenvalue weighted by Crippen LogP contribution is -2.35. The van der Waals surface area contributed by atoms with Gasteiger partial charge in [0.25, 0.3) is 0 Å². The van der Waals surface area contributed by atoms with Crippen molar-refractivity contribution in [2.24, 2.45) is 0 Å². The lowest BCUT2D eigenvalue weighted by Gasteiger charge is -2.13. The van der Waals surface area contributed by atoms with Gasteiger partial charge in [-0.2, -0.15) is 0 Å². The molecule has 6 heteroatoms. The van der Waals surface area contributed by atoms with Gasteiger partial charge in [-0.25, -0.2) is 4.79 Å². The summed E-state index contributed by atoms with van der Waals surface area (Å²) in [4.78, 5) is 10.6. The van der Waals surface area contributed by atoms with Crippen LogP contribution in [0.5, 0.6) is 23.0 Å². The molecule has 3 aromatic carbocycles. The summed E-state index contributed by atoms with van der Waals surface area (Å²) in [7, 11) is 0. The first-order valence-corrected chi connectivity index (χ1v) is 9.25. The zero-order valence-electron chi connectivity index (χ0n) is 16.1. The fraction of sp³-hybridized carbons (Fsp3) is 0.174. The molecule has 0 aliphatic rings. The Morgan fingerprint density at radius 2 is 1.34 bits per heavy atom. The highest BCUT2D eigenvalue weighted by Crippen LogP contribution is 2.26. The second kappa shape index (κ2) is 10.0. The summed E-state index contributed by atoms with van der Waals surface area (Å²) in [6, 6.07) is 24.3. The van der Waals surface area contributed by atoms with Crippen molar-refractivity contribution in [3.05, 3.63) is 84.4 Å². The first kappa shape index (κ1) is 20.1. The zero-order valence-corrected chi connectivity index (χ0v) is 16.1. The van der Waals surface area contributed by atoms with Crippen molar-refractivity contribution in [2.75, 3.05) is 6.61 Å². The minimum absolute atomic E-state index is 0.247. The Bertz CT molecular complexity index is 895. The Balaban J connectivity index is 1.47. The largest absolute Gasteiger partial charge is 0.491 e. The second-order valence-electron chi connectivity index (χ2n) is 6.48. The van der Waals surface area contributed by atoms with E-state index in [9.17, 15) is 4.79 Å². The first-order chi connectivity index (χ1) is 14.1. The van der Waals surface area contributed by atoms with Crippen LogP contribution in [-0.4, -0.2) is 23.8 Å². The van der Waals surface area contributed by atoms with Gasteiger partial charge in [0.1, 0.15) is 36.2 Å². The lowest BCUT2D eigenvalue weighted by molar-refractivity contribution is 0.183. The fourth-order valence-electron chi connectivity index (χ4n) is 2.56. The van der Waals surface area contributed by atoms with Gasteiger partial charge in [-0.05, 0) is 61.0 Å². The number of benzene rings is 3. The van der Waals surface area contributed by atoms with Crippen LogP contribution in [0.1, 0.15) is 12.5 Å². The predicted molar refractivity (Wildman–Crippen MR) is 110 cm³/mol. The molecule has 0 aromatic heterocycles. The van der Waals surface area contributed by atoms with Crippen molar-refractivity contribution in [1.29, 1.82) is 0 Å².